The van der Waals surface area contributed by atoms with Crippen molar-refractivity contribution in [3.8, 4) is 5.75 Å². The van der Waals surface area contributed by atoms with Crippen molar-refractivity contribution in [3.05, 3.63) is 66.7 Å². The molecule has 4 rings (SSSR count). The second-order valence-corrected chi connectivity index (χ2v) is 9.47. The molecule has 0 heterocycles. The molecule has 0 fully saturated rings. The minimum Gasteiger partial charge on any atom is -0.506 e. The fourth-order valence-corrected chi connectivity index (χ4v) is 4.20. The van der Waals surface area contributed by atoms with Gasteiger partial charge >= 0.3 is 0 Å². The van der Waals surface area contributed by atoms with Crippen LogP contribution < -0.4 is 0 Å². The van der Waals surface area contributed by atoms with E-state index in [9.17, 15) is 31.0 Å². The fraction of sp³-hybridized carbons (Fsp3) is 0. The lowest BCUT2D eigenvalue weighted by atomic mass is 10.1. The monoisotopic (exact) mass is 458 g/mol. The van der Waals surface area contributed by atoms with Crippen LogP contribution in [0.2, 0.25) is 0 Å². The maximum atomic E-state index is 11.7. The van der Waals surface area contributed by atoms with E-state index in [1.54, 1.807) is 18.2 Å². The van der Waals surface area contributed by atoms with Gasteiger partial charge in [0.1, 0.15) is 11.4 Å². The van der Waals surface area contributed by atoms with E-state index in [0.717, 1.165) is 29.7 Å². The molecule has 0 bridgehead atoms. The van der Waals surface area contributed by atoms with Crippen molar-refractivity contribution in [1.29, 1.82) is 0 Å². The molecule has 0 amide bonds. The summed E-state index contributed by atoms with van der Waals surface area (Å²) in [5.41, 5.74) is 0.150. The molecule has 0 saturated carbocycles. The molecule has 158 valence electrons. The maximum Gasteiger partial charge on any atom is 0.294 e. The summed E-state index contributed by atoms with van der Waals surface area (Å²) in [5.74, 6) is -0.147. The van der Waals surface area contributed by atoms with Gasteiger partial charge in [-0.05, 0) is 41.1 Å². The van der Waals surface area contributed by atoms with E-state index in [1.807, 2.05) is 12.1 Å². The highest BCUT2D eigenvalue weighted by Gasteiger charge is 2.17. The Kier molecular flexibility index (Phi) is 4.98. The predicted octanol–water partition coefficient (Wildman–Crippen LogP) is 4.61. The van der Waals surface area contributed by atoms with Gasteiger partial charge in [-0.25, -0.2) is 0 Å². The highest BCUT2D eigenvalue weighted by molar-refractivity contribution is 7.86. The Morgan fingerprint density at radius 1 is 0.645 bits per heavy atom. The van der Waals surface area contributed by atoms with Gasteiger partial charge in [0.05, 0.1) is 15.5 Å². The largest absolute Gasteiger partial charge is 0.506 e. The highest BCUT2D eigenvalue weighted by atomic mass is 32.2. The number of azo groups is 1. The van der Waals surface area contributed by atoms with Crippen LogP contribution in [0.25, 0.3) is 21.5 Å². The maximum absolute atomic E-state index is 11.7. The van der Waals surface area contributed by atoms with Crippen molar-refractivity contribution in [2.75, 3.05) is 0 Å². The van der Waals surface area contributed by atoms with Crippen molar-refractivity contribution >= 4 is 53.2 Å². The zero-order valence-electron chi connectivity index (χ0n) is 15.5. The third-order valence-electron chi connectivity index (χ3n) is 4.61. The zero-order valence-corrected chi connectivity index (χ0v) is 17.2. The molecule has 0 radical (unpaired) electrons. The third-order valence-corrected chi connectivity index (χ3v) is 6.29. The summed E-state index contributed by atoms with van der Waals surface area (Å²) < 4.78 is 65.0. The van der Waals surface area contributed by atoms with Gasteiger partial charge < -0.3 is 5.11 Å². The Bertz CT molecular complexity index is 1590. The van der Waals surface area contributed by atoms with Crippen LogP contribution in [-0.4, -0.2) is 31.0 Å². The number of nitrogens with zero attached hydrogens (tertiary/aromatic N) is 2. The minimum atomic E-state index is -4.65. The van der Waals surface area contributed by atoms with Gasteiger partial charge in [0, 0.05) is 10.8 Å². The average Bonchev–Trinajstić information content (AvgIpc) is 2.71. The molecule has 0 spiro atoms. The van der Waals surface area contributed by atoms with Crippen molar-refractivity contribution in [2.45, 2.75) is 9.79 Å². The summed E-state index contributed by atoms with van der Waals surface area (Å²) in [4.78, 5) is -0.995. The Labute approximate surface area is 176 Å². The quantitative estimate of drug-likeness (QED) is 0.298. The molecule has 0 aliphatic rings. The average molecular weight is 458 g/mol. The highest BCUT2D eigenvalue weighted by Crippen LogP contribution is 2.38. The molecular weight excluding hydrogens is 444 g/mol. The standard InChI is InChI=1S/C20H14N2O7S2/c23-19-8-5-12-3-1-2-4-17(12)20(19)22-21-18-11-15(31(27,28)29)10-13-9-14(30(24,25)26)6-7-16(13)18/h1-11,23H,(H,24,25,26)(H,27,28,29). The van der Waals surface area contributed by atoms with Crippen LogP contribution >= 0.6 is 0 Å². The molecule has 4 aromatic carbocycles. The molecule has 0 saturated heterocycles. The predicted molar refractivity (Wildman–Crippen MR) is 113 cm³/mol. The summed E-state index contributed by atoms with van der Waals surface area (Å²) in [6, 6.07) is 15.9. The Morgan fingerprint density at radius 2 is 1.32 bits per heavy atom. The lowest BCUT2D eigenvalue weighted by Gasteiger charge is -2.07. The normalized spacial score (nSPS) is 12.7. The molecule has 3 N–H and O–H groups in total. The van der Waals surface area contributed by atoms with E-state index in [4.69, 9.17) is 0 Å². The van der Waals surface area contributed by atoms with Crippen molar-refractivity contribution in [1.82, 2.24) is 0 Å². The summed E-state index contributed by atoms with van der Waals surface area (Å²) in [6.45, 7) is 0. The molecule has 4 aromatic rings. The van der Waals surface area contributed by atoms with Crippen LogP contribution in [-0.2, 0) is 20.2 Å². The van der Waals surface area contributed by atoms with Crippen LogP contribution in [0.4, 0.5) is 11.4 Å². The van der Waals surface area contributed by atoms with Crippen LogP contribution in [0.15, 0.2) is 86.7 Å². The molecule has 0 aliphatic carbocycles. The number of aromatic hydroxyl groups is 1. The van der Waals surface area contributed by atoms with Gasteiger partial charge in [-0.15, -0.1) is 10.2 Å². The lowest BCUT2D eigenvalue weighted by Crippen LogP contribution is -2.00. The van der Waals surface area contributed by atoms with Crippen LogP contribution in [0.3, 0.4) is 0 Å². The third kappa shape index (κ3) is 4.11. The SMILES string of the molecule is O=S(=O)(O)c1ccc2c(N=Nc3c(O)ccc4ccccc34)cc(S(=O)(=O)O)cc2c1. The first-order chi connectivity index (χ1) is 14.5. The molecule has 0 aliphatic heterocycles. The molecule has 0 atom stereocenters. The summed E-state index contributed by atoms with van der Waals surface area (Å²) in [6.07, 6.45) is 0. The van der Waals surface area contributed by atoms with Gasteiger partial charge in [0.25, 0.3) is 20.2 Å². The molecule has 11 heteroatoms. The van der Waals surface area contributed by atoms with E-state index >= 15 is 0 Å². The molecule has 9 nitrogen and oxygen atoms in total. The van der Waals surface area contributed by atoms with Crippen molar-refractivity contribution < 1.29 is 31.0 Å². The molecular formula is C20H14N2O7S2. The molecule has 0 aromatic heterocycles. The summed E-state index contributed by atoms with van der Waals surface area (Å²) >= 11 is 0. The summed E-state index contributed by atoms with van der Waals surface area (Å²) in [5, 5.41) is 20.2. The Hall–Kier alpha value is -3.38. The Morgan fingerprint density at radius 3 is 2.03 bits per heavy atom. The van der Waals surface area contributed by atoms with Gasteiger partial charge in [-0.2, -0.15) is 16.8 Å². The van der Waals surface area contributed by atoms with Crippen molar-refractivity contribution in [3.63, 3.8) is 0 Å². The molecule has 31 heavy (non-hydrogen) atoms. The lowest BCUT2D eigenvalue weighted by molar-refractivity contribution is 0.477. The first-order valence-corrected chi connectivity index (χ1v) is 11.6. The smallest absolute Gasteiger partial charge is 0.294 e. The number of benzene rings is 4. The van der Waals surface area contributed by atoms with Crippen LogP contribution in [0.5, 0.6) is 5.75 Å². The number of hydrogen-bond acceptors (Lipinski definition) is 7. The van der Waals surface area contributed by atoms with Crippen LogP contribution in [0, 0.1) is 0 Å². The van der Waals surface area contributed by atoms with E-state index in [0.29, 0.717) is 10.8 Å². The minimum absolute atomic E-state index is 0.000605. The van der Waals surface area contributed by atoms with Gasteiger partial charge in [-0.1, -0.05) is 36.4 Å². The number of phenolic OH excluding ortho intramolecular Hbond substituents is 1. The number of phenols is 1. The topological polar surface area (TPSA) is 154 Å². The van der Waals surface area contributed by atoms with Gasteiger partial charge in [-0.3, -0.25) is 9.11 Å². The van der Waals surface area contributed by atoms with E-state index in [1.165, 1.54) is 12.1 Å². The second kappa shape index (κ2) is 7.39. The second-order valence-electron chi connectivity index (χ2n) is 6.63. The van der Waals surface area contributed by atoms with E-state index < -0.39 is 30.0 Å². The van der Waals surface area contributed by atoms with E-state index in [-0.39, 0.29) is 22.5 Å². The first-order valence-electron chi connectivity index (χ1n) is 8.69. The van der Waals surface area contributed by atoms with Crippen molar-refractivity contribution in [2.24, 2.45) is 10.2 Å². The Balaban J connectivity index is 1.96. The zero-order chi connectivity index (χ0) is 22.4. The number of hydrogen-bond donors (Lipinski definition) is 3. The fourth-order valence-electron chi connectivity index (χ4n) is 3.15. The molecule has 0 unspecified atom stereocenters. The number of fused-ring (bicyclic) bond motifs is 2. The van der Waals surface area contributed by atoms with Crippen LogP contribution in [0.1, 0.15) is 0 Å². The summed E-state index contributed by atoms with van der Waals surface area (Å²) in [7, 11) is -9.19. The van der Waals surface area contributed by atoms with Gasteiger partial charge in [0.2, 0.25) is 0 Å². The van der Waals surface area contributed by atoms with E-state index in [2.05, 4.69) is 10.2 Å². The van der Waals surface area contributed by atoms with Gasteiger partial charge in [0.15, 0.2) is 0 Å². The number of rotatable bonds is 4. The first kappa shape index (κ1) is 20.9.